The molecule has 1 aliphatic heterocycles. The van der Waals surface area contributed by atoms with E-state index in [1.165, 1.54) is 23.5 Å². The van der Waals surface area contributed by atoms with Gasteiger partial charge in [0.05, 0.1) is 29.2 Å². The molecular formula is C26H24F3N5O. The Hall–Kier alpha value is -3.72. The van der Waals surface area contributed by atoms with Crippen LogP contribution in [0.4, 0.5) is 30.2 Å². The maximum atomic E-state index is 13.6. The molecule has 1 aromatic carbocycles. The molecular weight excluding hydrogens is 455 g/mol. The molecule has 0 unspecified atom stereocenters. The summed E-state index contributed by atoms with van der Waals surface area (Å²) in [5.74, 6) is 0. The number of pyridine rings is 3. The summed E-state index contributed by atoms with van der Waals surface area (Å²) in [5.41, 5.74) is 4.11. The third-order valence-electron chi connectivity index (χ3n) is 6.09. The Morgan fingerprint density at radius 2 is 1.94 bits per heavy atom. The molecule has 0 bridgehead atoms. The van der Waals surface area contributed by atoms with Gasteiger partial charge in [-0.1, -0.05) is 6.07 Å². The average molecular weight is 480 g/mol. The fourth-order valence-corrected chi connectivity index (χ4v) is 4.44. The number of aryl methyl sites for hydroxylation is 1. The molecule has 0 saturated heterocycles. The fraction of sp³-hybridized carbons (Fsp3) is 0.269. The van der Waals surface area contributed by atoms with Gasteiger partial charge in [-0.2, -0.15) is 13.2 Å². The zero-order valence-corrected chi connectivity index (χ0v) is 19.4. The molecule has 3 aromatic heterocycles. The Balaban J connectivity index is 1.59. The quantitative estimate of drug-likeness (QED) is 0.380. The maximum absolute atomic E-state index is 13.6. The van der Waals surface area contributed by atoms with E-state index in [2.05, 4.69) is 44.3 Å². The van der Waals surface area contributed by atoms with Crippen LogP contribution < -0.4 is 10.2 Å². The number of nitrogens with zero attached hydrogens (tertiary/aromatic N) is 4. The molecule has 0 saturated carbocycles. The Labute approximate surface area is 200 Å². The summed E-state index contributed by atoms with van der Waals surface area (Å²) < 4.78 is 45.9. The molecule has 0 radical (unpaired) electrons. The normalized spacial score (nSPS) is 13.7. The second-order valence-electron chi connectivity index (χ2n) is 8.55. The number of alkyl halides is 3. The number of hydrogen-bond donors (Lipinski definition) is 1. The van der Waals surface area contributed by atoms with Crippen LogP contribution in [-0.2, 0) is 23.9 Å². The van der Waals surface area contributed by atoms with E-state index < -0.39 is 11.7 Å². The first-order valence-electron chi connectivity index (χ1n) is 11.3. The van der Waals surface area contributed by atoms with Crippen molar-refractivity contribution in [2.45, 2.75) is 25.6 Å². The number of methoxy groups -OCH3 is 1. The zero-order valence-electron chi connectivity index (χ0n) is 19.4. The minimum absolute atomic E-state index is 0.105. The number of anilines is 3. The van der Waals surface area contributed by atoms with E-state index in [-0.39, 0.29) is 18.0 Å². The molecule has 0 amide bonds. The largest absolute Gasteiger partial charge is 0.418 e. The summed E-state index contributed by atoms with van der Waals surface area (Å²) >= 11 is 0. The molecule has 0 aliphatic carbocycles. The lowest BCUT2D eigenvalue weighted by Crippen LogP contribution is -2.24. The van der Waals surface area contributed by atoms with Crippen molar-refractivity contribution < 1.29 is 17.9 Å². The van der Waals surface area contributed by atoms with Crippen LogP contribution in [0.5, 0.6) is 0 Å². The third-order valence-corrected chi connectivity index (χ3v) is 6.09. The van der Waals surface area contributed by atoms with E-state index in [9.17, 15) is 13.2 Å². The van der Waals surface area contributed by atoms with Gasteiger partial charge in [0.25, 0.3) is 0 Å². The van der Waals surface area contributed by atoms with Crippen molar-refractivity contribution in [3.8, 4) is 11.4 Å². The number of benzene rings is 1. The molecule has 4 heterocycles. The number of ether oxygens (including phenoxy) is 1. The minimum atomic E-state index is -4.54. The first-order valence-corrected chi connectivity index (χ1v) is 11.3. The average Bonchev–Trinajstić information content (AvgIpc) is 2.84. The molecule has 1 N–H and O–H groups in total. The summed E-state index contributed by atoms with van der Waals surface area (Å²) in [6.07, 6.45) is -1.04. The molecule has 4 aromatic rings. The van der Waals surface area contributed by atoms with Crippen molar-refractivity contribution >= 4 is 28.1 Å². The van der Waals surface area contributed by atoms with Crippen LogP contribution >= 0.6 is 0 Å². The first kappa shape index (κ1) is 23.0. The van der Waals surface area contributed by atoms with Gasteiger partial charge in [0.1, 0.15) is 5.69 Å². The number of nitrogens with one attached hydrogen (secondary N) is 1. The lowest BCUT2D eigenvalue weighted by Gasteiger charge is -2.28. The molecule has 35 heavy (non-hydrogen) atoms. The number of fused-ring (bicyclic) bond motifs is 2. The fourth-order valence-electron chi connectivity index (χ4n) is 4.44. The van der Waals surface area contributed by atoms with E-state index >= 15 is 0 Å². The Morgan fingerprint density at radius 1 is 1.09 bits per heavy atom. The first-order chi connectivity index (χ1) is 16.8. The van der Waals surface area contributed by atoms with Gasteiger partial charge >= 0.3 is 6.18 Å². The molecule has 6 nitrogen and oxygen atoms in total. The number of rotatable bonds is 5. The second kappa shape index (κ2) is 9.14. The lowest BCUT2D eigenvalue weighted by atomic mass is 10.0. The highest BCUT2D eigenvalue weighted by molar-refractivity contribution is 5.92. The minimum Gasteiger partial charge on any atom is -0.378 e. The van der Waals surface area contributed by atoms with Gasteiger partial charge in [-0.05, 0) is 60.9 Å². The summed E-state index contributed by atoms with van der Waals surface area (Å²) in [6, 6.07) is 13.7. The molecule has 9 heteroatoms. The summed E-state index contributed by atoms with van der Waals surface area (Å²) in [5, 5.41) is 4.14. The molecule has 0 atom stereocenters. The van der Waals surface area contributed by atoms with Crippen LogP contribution in [0.15, 0.2) is 54.7 Å². The monoisotopic (exact) mass is 479 g/mol. The molecule has 5 rings (SSSR count). The van der Waals surface area contributed by atoms with Gasteiger partial charge in [0.2, 0.25) is 0 Å². The van der Waals surface area contributed by atoms with E-state index in [4.69, 9.17) is 4.74 Å². The van der Waals surface area contributed by atoms with Crippen molar-refractivity contribution in [1.29, 1.82) is 0 Å². The second-order valence-corrected chi connectivity index (χ2v) is 8.55. The molecule has 1 aliphatic rings. The van der Waals surface area contributed by atoms with Crippen LogP contribution in [0, 0.1) is 0 Å². The lowest BCUT2D eigenvalue weighted by molar-refractivity contribution is -0.137. The summed E-state index contributed by atoms with van der Waals surface area (Å²) in [6.45, 7) is 1.24. The molecule has 180 valence electrons. The Morgan fingerprint density at radius 3 is 2.74 bits per heavy atom. The highest BCUT2D eigenvalue weighted by Crippen LogP contribution is 2.37. The van der Waals surface area contributed by atoms with E-state index in [0.29, 0.717) is 16.7 Å². The van der Waals surface area contributed by atoms with Crippen molar-refractivity contribution in [2.75, 3.05) is 30.9 Å². The van der Waals surface area contributed by atoms with E-state index in [1.54, 1.807) is 19.2 Å². The van der Waals surface area contributed by atoms with Gasteiger partial charge in [-0.15, -0.1) is 0 Å². The maximum Gasteiger partial charge on any atom is 0.418 e. The SMILES string of the molecule is COCc1cc(Nc2ccc3c(c2)N(C)CCC3)c2ccc(-c3ncccc3C(F)(F)F)nc2n1. The number of halogens is 3. The number of aromatic nitrogens is 3. The van der Waals surface area contributed by atoms with Crippen LogP contribution in [-0.4, -0.2) is 35.7 Å². The molecule has 0 fully saturated rings. The van der Waals surface area contributed by atoms with Crippen LogP contribution in [0.2, 0.25) is 0 Å². The third kappa shape index (κ3) is 4.64. The van der Waals surface area contributed by atoms with Gasteiger partial charge in [-0.3, -0.25) is 4.98 Å². The van der Waals surface area contributed by atoms with Gasteiger partial charge < -0.3 is 15.0 Å². The standard InChI is InChI=1S/C26H24F3N5O/c1-34-12-4-5-16-7-8-17(14-23(16)34)31-22-13-18(15-35-2)32-25-19(22)9-10-21(33-25)24-20(26(27,28)29)6-3-11-30-24/h3,6-11,13-14H,4-5,12,15H2,1-2H3,(H,31,32,33). The van der Waals surface area contributed by atoms with Gasteiger partial charge in [-0.25, -0.2) is 9.97 Å². The van der Waals surface area contributed by atoms with Crippen LogP contribution in [0.1, 0.15) is 23.2 Å². The van der Waals surface area contributed by atoms with Crippen molar-refractivity contribution in [3.05, 3.63) is 71.5 Å². The van der Waals surface area contributed by atoms with Crippen molar-refractivity contribution in [3.63, 3.8) is 0 Å². The Bertz CT molecular complexity index is 1390. The summed E-state index contributed by atoms with van der Waals surface area (Å²) in [4.78, 5) is 15.2. The zero-order chi connectivity index (χ0) is 24.6. The summed E-state index contributed by atoms with van der Waals surface area (Å²) in [7, 11) is 3.64. The number of hydrogen-bond acceptors (Lipinski definition) is 6. The smallest absolute Gasteiger partial charge is 0.378 e. The van der Waals surface area contributed by atoms with Crippen LogP contribution in [0.3, 0.4) is 0 Å². The van der Waals surface area contributed by atoms with Crippen molar-refractivity contribution in [1.82, 2.24) is 15.0 Å². The van der Waals surface area contributed by atoms with E-state index in [1.807, 2.05) is 12.1 Å². The highest BCUT2D eigenvalue weighted by Gasteiger charge is 2.34. The van der Waals surface area contributed by atoms with Gasteiger partial charge in [0.15, 0.2) is 5.65 Å². The predicted octanol–water partition coefficient (Wildman–Crippen LogP) is 5.98. The molecule has 0 spiro atoms. The topological polar surface area (TPSA) is 63.2 Å². The van der Waals surface area contributed by atoms with Crippen molar-refractivity contribution in [2.24, 2.45) is 0 Å². The predicted molar refractivity (Wildman–Crippen MR) is 130 cm³/mol. The highest BCUT2D eigenvalue weighted by atomic mass is 19.4. The Kier molecular flexibility index (Phi) is 6.02. The van der Waals surface area contributed by atoms with E-state index in [0.717, 1.165) is 36.8 Å². The van der Waals surface area contributed by atoms with Crippen LogP contribution in [0.25, 0.3) is 22.4 Å². The van der Waals surface area contributed by atoms with Gasteiger partial charge in [0, 0.05) is 43.7 Å².